The minimum atomic E-state index is -1.82. The zero-order valence-corrected chi connectivity index (χ0v) is 31.2. The van der Waals surface area contributed by atoms with Crippen molar-refractivity contribution < 1.29 is 44.6 Å². The van der Waals surface area contributed by atoms with E-state index in [1.165, 1.54) is 0 Å². The van der Waals surface area contributed by atoms with E-state index >= 15 is 0 Å². The van der Waals surface area contributed by atoms with Crippen molar-refractivity contribution in [3.05, 3.63) is 71.9 Å². The number of guanidine groups is 1. The Morgan fingerprint density at radius 3 is 2.20 bits per heavy atom. The number of aliphatic imine (C=N–C) groups is 1. The molecule has 0 spiro atoms. The van der Waals surface area contributed by atoms with Crippen LogP contribution in [0.3, 0.4) is 0 Å². The number of allylic oxidation sites excluding steroid dienone is 9. The second-order valence-corrected chi connectivity index (χ2v) is 14.0. The van der Waals surface area contributed by atoms with E-state index in [-0.39, 0.29) is 17.8 Å². The highest BCUT2D eigenvalue weighted by Gasteiger charge is 2.48. The molecule has 1 saturated heterocycles. The third kappa shape index (κ3) is 18.5. The summed E-state index contributed by atoms with van der Waals surface area (Å²) in [5, 5.41) is 50.2. The van der Waals surface area contributed by atoms with Crippen LogP contribution in [-0.2, 0) is 19.1 Å². The van der Waals surface area contributed by atoms with Gasteiger partial charge in [-0.25, -0.2) is 9.59 Å². The first-order chi connectivity index (χ1) is 24.0. The number of nitrogens with two attached hydrogens (primary N) is 2. The molecular formula is C39H63N3O9. The van der Waals surface area contributed by atoms with Gasteiger partial charge >= 0.3 is 11.9 Å². The minimum absolute atomic E-state index is 0.0984. The number of carbonyl (C=O) groups is 2. The molecule has 0 aromatic rings. The maximum Gasteiger partial charge on any atom is 0.335 e. The zero-order valence-electron chi connectivity index (χ0n) is 31.2. The van der Waals surface area contributed by atoms with Crippen molar-refractivity contribution >= 4 is 17.9 Å². The van der Waals surface area contributed by atoms with Crippen LogP contribution in [0.1, 0.15) is 86.5 Å². The lowest BCUT2D eigenvalue weighted by molar-refractivity contribution is -0.303. The molecule has 0 aliphatic carbocycles. The average molecular weight is 718 g/mol. The van der Waals surface area contributed by atoms with Crippen LogP contribution in [0, 0.1) is 23.7 Å². The molecule has 12 nitrogen and oxygen atoms in total. The van der Waals surface area contributed by atoms with Crippen molar-refractivity contribution in [2.24, 2.45) is 40.1 Å². The Balaban J connectivity index is 3.07. The molecule has 1 aliphatic rings. The fourth-order valence-electron chi connectivity index (χ4n) is 5.83. The molecule has 1 aliphatic heterocycles. The first-order valence-corrected chi connectivity index (χ1v) is 18.0. The first kappa shape index (κ1) is 45.5. The number of carboxylic acids is 2. The highest BCUT2D eigenvalue weighted by Crippen LogP contribution is 2.29. The lowest BCUT2D eigenvalue weighted by Gasteiger charge is -2.40. The number of nitrogens with zero attached hydrogens (tertiary/aromatic N) is 1. The van der Waals surface area contributed by atoms with Crippen molar-refractivity contribution in [2.45, 2.75) is 123 Å². The Morgan fingerprint density at radius 1 is 0.902 bits per heavy atom. The summed E-state index contributed by atoms with van der Waals surface area (Å²) in [4.78, 5) is 27.2. The Hall–Kier alpha value is -3.55. The molecule has 9 unspecified atom stereocenters. The van der Waals surface area contributed by atoms with Gasteiger partial charge in [-0.1, -0.05) is 102 Å². The molecule has 288 valence electrons. The highest BCUT2D eigenvalue weighted by atomic mass is 16.7. The summed E-state index contributed by atoms with van der Waals surface area (Å²) >= 11 is 0. The normalized spacial score (nSPS) is 24.5. The SMILES string of the molecule is C/C(=C\C(C)CC(C)C/C=C/CCCN=C(N)N)C(OC1OC(C(=O)O)C(O)C(O)C1O)C(C)/C=C/C=C/C=C/C=C(\CCCC(C)C)C(=O)O. The van der Waals surface area contributed by atoms with Gasteiger partial charge in [0.15, 0.2) is 18.4 Å². The molecule has 51 heavy (non-hydrogen) atoms. The van der Waals surface area contributed by atoms with Gasteiger partial charge in [-0.05, 0) is 68.8 Å². The van der Waals surface area contributed by atoms with E-state index in [1.54, 1.807) is 30.4 Å². The molecule has 0 radical (unpaired) electrons. The minimum Gasteiger partial charge on any atom is -0.479 e. The number of unbranched alkanes of at least 4 members (excludes halogenated alkanes) is 1. The summed E-state index contributed by atoms with van der Waals surface area (Å²) < 4.78 is 11.6. The highest BCUT2D eigenvalue weighted by molar-refractivity contribution is 5.86. The number of ether oxygens (including phenoxy) is 2. The molecule has 9 N–H and O–H groups in total. The number of hydrogen-bond acceptors (Lipinski definition) is 8. The Kier molecular flexibility index (Phi) is 21.9. The van der Waals surface area contributed by atoms with E-state index in [0.717, 1.165) is 44.1 Å². The fourth-order valence-corrected chi connectivity index (χ4v) is 5.83. The summed E-state index contributed by atoms with van der Waals surface area (Å²) in [5.41, 5.74) is 11.9. The van der Waals surface area contributed by atoms with Crippen LogP contribution in [0.5, 0.6) is 0 Å². The molecule has 0 aromatic carbocycles. The monoisotopic (exact) mass is 717 g/mol. The van der Waals surface area contributed by atoms with Crippen molar-refractivity contribution in [3.8, 4) is 0 Å². The van der Waals surface area contributed by atoms with Crippen molar-refractivity contribution in [3.63, 3.8) is 0 Å². The number of rotatable bonds is 23. The van der Waals surface area contributed by atoms with Gasteiger partial charge in [0.05, 0.1) is 6.10 Å². The average Bonchev–Trinajstić information content (AvgIpc) is 3.04. The molecule has 0 saturated carbocycles. The van der Waals surface area contributed by atoms with Gasteiger partial charge in [-0.2, -0.15) is 0 Å². The lowest BCUT2D eigenvalue weighted by atomic mass is 9.90. The van der Waals surface area contributed by atoms with Crippen LogP contribution in [0.4, 0.5) is 0 Å². The largest absolute Gasteiger partial charge is 0.479 e. The summed E-state index contributed by atoms with van der Waals surface area (Å²) in [7, 11) is 0. The molecular weight excluding hydrogens is 654 g/mol. The van der Waals surface area contributed by atoms with Crippen LogP contribution < -0.4 is 11.5 Å². The Morgan fingerprint density at radius 2 is 1.57 bits per heavy atom. The van der Waals surface area contributed by atoms with Crippen LogP contribution >= 0.6 is 0 Å². The zero-order chi connectivity index (χ0) is 38.5. The van der Waals surface area contributed by atoms with E-state index in [2.05, 4.69) is 50.9 Å². The quantitative estimate of drug-likeness (QED) is 0.0186. The van der Waals surface area contributed by atoms with E-state index in [0.29, 0.717) is 30.4 Å². The van der Waals surface area contributed by atoms with Crippen LogP contribution in [0.2, 0.25) is 0 Å². The van der Waals surface area contributed by atoms with E-state index < -0.39 is 48.7 Å². The van der Waals surface area contributed by atoms with Gasteiger partial charge < -0.3 is 46.5 Å². The molecule has 1 heterocycles. The van der Waals surface area contributed by atoms with E-state index in [4.69, 9.17) is 20.9 Å². The second kappa shape index (κ2) is 24.6. The predicted molar refractivity (Wildman–Crippen MR) is 201 cm³/mol. The maximum absolute atomic E-state index is 11.7. The van der Waals surface area contributed by atoms with Crippen LogP contribution in [0.15, 0.2) is 76.9 Å². The number of aliphatic hydroxyl groups is 3. The van der Waals surface area contributed by atoms with Crippen LogP contribution in [0.25, 0.3) is 0 Å². The first-order valence-electron chi connectivity index (χ1n) is 18.0. The standard InChI is InChI=1S/C39H63N3O9/c1-25(2)17-16-21-30(36(46)47)20-14-9-7-8-13-19-28(5)34(50-38-33(45)31(43)32(44)35(51-38)37(48)49)29(6)24-27(4)23-26(3)18-12-10-11-15-22-42-39(40)41/h7-10,12-14,19-20,24-28,31-35,38,43-45H,11,15-18,21-23H2,1-6H3,(H,46,47)(H,48,49)(H4,40,41,42)/b8-7+,12-10+,14-9+,19-13+,29-24+,30-20+. The smallest absolute Gasteiger partial charge is 0.335 e. The number of hydrogen-bond donors (Lipinski definition) is 7. The fraction of sp³-hybridized carbons (Fsp3) is 0.615. The third-order valence-electron chi connectivity index (χ3n) is 8.53. The second-order valence-electron chi connectivity index (χ2n) is 14.0. The molecule has 12 heteroatoms. The lowest BCUT2D eigenvalue weighted by Crippen LogP contribution is -2.61. The number of aliphatic carboxylic acids is 2. The summed E-state index contributed by atoms with van der Waals surface area (Å²) in [6.45, 7) is 12.9. The predicted octanol–water partition coefficient (Wildman–Crippen LogP) is 5.01. The summed E-state index contributed by atoms with van der Waals surface area (Å²) in [5.74, 6) is -1.52. The van der Waals surface area contributed by atoms with Gasteiger partial charge in [0.1, 0.15) is 18.3 Å². The number of carboxylic acid groups (broad SMARTS) is 2. The summed E-state index contributed by atoms with van der Waals surface area (Å²) in [6.07, 6.45) is 15.3. The van der Waals surface area contributed by atoms with Gasteiger partial charge in [0.25, 0.3) is 0 Å². The maximum atomic E-state index is 11.7. The molecule has 0 aromatic heterocycles. The van der Waals surface area contributed by atoms with Gasteiger partial charge in [0, 0.05) is 18.0 Å². The van der Waals surface area contributed by atoms with E-state index in [9.17, 15) is 35.1 Å². The van der Waals surface area contributed by atoms with Crippen molar-refractivity contribution in [2.75, 3.05) is 6.54 Å². The van der Waals surface area contributed by atoms with E-state index in [1.807, 2.05) is 26.0 Å². The van der Waals surface area contributed by atoms with Crippen molar-refractivity contribution in [1.82, 2.24) is 0 Å². The topological polar surface area (TPSA) is 218 Å². The summed E-state index contributed by atoms with van der Waals surface area (Å²) in [6, 6.07) is 0. The van der Waals surface area contributed by atoms with Gasteiger partial charge in [-0.3, -0.25) is 4.99 Å². The Labute approximate surface area is 304 Å². The molecule has 0 amide bonds. The molecule has 0 bridgehead atoms. The van der Waals surface area contributed by atoms with Gasteiger partial charge in [-0.15, -0.1) is 0 Å². The van der Waals surface area contributed by atoms with Gasteiger partial charge in [0.2, 0.25) is 0 Å². The van der Waals surface area contributed by atoms with Crippen molar-refractivity contribution in [1.29, 1.82) is 0 Å². The Bertz CT molecular complexity index is 1270. The number of aliphatic hydroxyl groups excluding tert-OH is 3. The molecule has 9 atom stereocenters. The molecule has 1 fully saturated rings. The van der Waals surface area contributed by atoms with Crippen LogP contribution in [-0.4, -0.2) is 86.8 Å². The molecule has 1 rings (SSSR count). The third-order valence-corrected chi connectivity index (χ3v) is 8.53.